The molecule has 3 aliphatic rings. The van der Waals surface area contributed by atoms with Crippen LogP contribution in [0.25, 0.3) is 0 Å². The molecule has 0 spiro atoms. The van der Waals surface area contributed by atoms with E-state index in [2.05, 4.69) is 10.2 Å². The van der Waals surface area contributed by atoms with Crippen molar-refractivity contribution < 1.29 is 48.0 Å². The molecule has 13 nitrogen and oxygen atoms in total. The molecule has 3 heterocycles. The normalized spacial score (nSPS) is 22.2. The van der Waals surface area contributed by atoms with Gasteiger partial charge in [0.25, 0.3) is 6.29 Å². The lowest BCUT2D eigenvalue weighted by molar-refractivity contribution is -0.211. The summed E-state index contributed by atoms with van der Waals surface area (Å²) < 4.78 is 15.0. The number of hydrogen-bond acceptors (Lipinski definition) is 12. The highest BCUT2D eigenvalue weighted by Crippen LogP contribution is 2.51. The predicted octanol–water partition coefficient (Wildman–Crippen LogP) is 3.20. The summed E-state index contributed by atoms with van der Waals surface area (Å²) in [5, 5.41) is 2.29. The van der Waals surface area contributed by atoms with E-state index in [9.17, 15) is 24.0 Å². The first-order valence-electron chi connectivity index (χ1n) is 14.5. The van der Waals surface area contributed by atoms with Crippen LogP contribution in [0.15, 0.2) is 78.9 Å². The molecular formula is C33H33N3O10S. The summed E-state index contributed by atoms with van der Waals surface area (Å²) in [7, 11) is 1.51. The first-order valence-corrected chi connectivity index (χ1v) is 15.4. The molecule has 2 unspecified atom stereocenters. The van der Waals surface area contributed by atoms with E-state index in [1.165, 1.54) is 30.7 Å². The molecule has 0 saturated carbocycles. The fourth-order valence-corrected chi connectivity index (χ4v) is 6.96. The second-order valence-electron chi connectivity index (χ2n) is 11.2. The zero-order chi connectivity index (χ0) is 33.9. The summed E-state index contributed by atoms with van der Waals surface area (Å²) >= 11 is 1.40. The Morgan fingerprint density at radius 1 is 0.957 bits per heavy atom. The lowest BCUT2D eigenvalue weighted by Crippen LogP contribution is -2.71. The van der Waals surface area contributed by atoms with Crippen molar-refractivity contribution in [2.45, 2.75) is 55.3 Å². The van der Waals surface area contributed by atoms with E-state index in [0.717, 1.165) is 0 Å². The zero-order valence-corrected chi connectivity index (χ0v) is 26.7. The number of cyclic esters (lactones) is 1. The standard InChI is InChI=1S/C24H23N3O6S.C9H10O4/c1-24(2)17(22(31)33-23-14-11-7-6-10-13(14)21(30)32-23)27-19(29)16(20(27)34-24)26-18(28)15(25)12-8-4-3-5-9-12;1-7(10)12-13-9-6-4-3-5-8(9)11-2/h3-11,15-17,20,23H,25H2,1-2H3,(H,26,28);3-6H,1-2H3/t15?,16-,17+,20-,23?;/m1./s1. The second-order valence-corrected chi connectivity index (χ2v) is 13.0. The molecule has 14 heteroatoms. The van der Waals surface area contributed by atoms with Crippen LogP contribution >= 0.6 is 11.8 Å². The van der Waals surface area contributed by atoms with E-state index in [0.29, 0.717) is 28.2 Å². The molecule has 246 valence electrons. The number of nitrogens with one attached hydrogen (secondary N) is 1. The van der Waals surface area contributed by atoms with E-state index in [1.807, 2.05) is 19.9 Å². The van der Waals surface area contributed by atoms with Gasteiger partial charge in [0.2, 0.25) is 17.6 Å². The van der Waals surface area contributed by atoms with Crippen LogP contribution in [0.5, 0.6) is 11.5 Å². The Morgan fingerprint density at radius 3 is 2.28 bits per heavy atom. The maximum atomic E-state index is 13.2. The van der Waals surface area contributed by atoms with Crippen molar-refractivity contribution in [1.82, 2.24) is 10.2 Å². The molecule has 2 fully saturated rings. The molecule has 0 bridgehead atoms. The maximum Gasteiger partial charge on any atom is 0.352 e. The third-order valence-corrected chi connectivity index (χ3v) is 9.16. The Balaban J connectivity index is 0.000000281. The monoisotopic (exact) mass is 663 g/mol. The zero-order valence-electron chi connectivity index (χ0n) is 25.9. The van der Waals surface area contributed by atoms with E-state index < -0.39 is 58.4 Å². The molecule has 3 N–H and O–H groups in total. The van der Waals surface area contributed by atoms with Gasteiger partial charge in [-0.15, -0.1) is 11.8 Å². The molecular weight excluding hydrogens is 630 g/mol. The highest BCUT2D eigenvalue weighted by atomic mass is 32.2. The number of esters is 2. The molecule has 2 saturated heterocycles. The Bertz CT molecular complexity index is 1680. The van der Waals surface area contributed by atoms with Gasteiger partial charge in [0.05, 0.1) is 12.7 Å². The summed E-state index contributed by atoms with van der Waals surface area (Å²) in [4.78, 5) is 71.8. The SMILES string of the molecule is CC1(C)S[C@@H]2[C@H](NC(=O)C(N)c3ccccc3)C(=O)N2[C@H]1C(=O)OC1OC(=O)c2ccccc21.COc1ccccc1OOC(C)=O. The van der Waals surface area contributed by atoms with Crippen LogP contribution in [0.1, 0.15) is 54.6 Å². The van der Waals surface area contributed by atoms with Crippen LogP contribution in [0, 0.1) is 0 Å². The van der Waals surface area contributed by atoms with Crippen molar-refractivity contribution in [2.75, 3.05) is 7.11 Å². The van der Waals surface area contributed by atoms with Crippen LogP contribution in [0.4, 0.5) is 0 Å². The molecule has 0 radical (unpaired) electrons. The van der Waals surface area contributed by atoms with E-state index in [4.69, 9.17) is 24.8 Å². The largest absolute Gasteiger partial charge is 0.493 e. The number of nitrogens with zero attached hydrogens (tertiary/aromatic N) is 1. The van der Waals surface area contributed by atoms with Crippen LogP contribution in [-0.2, 0) is 33.5 Å². The summed E-state index contributed by atoms with van der Waals surface area (Å²) in [6.45, 7) is 4.92. The second kappa shape index (κ2) is 13.7. The van der Waals surface area contributed by atoms with E-state index in [1.54, 1.807) is 72.8 Å². The first-order chi connectivity index (χ1) is 22.4. The average Bonchev–Trinajstić information content (AvgIpc) is 3.52. The van der Waals surface area contributed by atoms with Crippen LogP contribution in [0.3, 0.4) is 0 Å². The van der Waals surface area contributed by atoms with Gasteiger partial charge in [0.15, 0.2) is 5.75 Å². The minimum absolute atomic E-state index is 0.343. The van der Waals surface area contributed by atoms with Gasteiger partial charge < -0.3 is 30.2 Å². The molecule has 3 aliphatic heterocycles. The summed E-state index contributed by atoms with van der Waals surface area (Å²) in [5.41, 5.74) is 7.51. The predicted molar refractivity (Wildman–Crippen MR) is 167 cm³/mol. The summed E-state index contributed by atoms with van der Waals surface area (Å²) in [6.07, 6.45) is -1.16. The number of ether oxygens (including phenoxy) is 3. The number of amides is 2. The maximum absolute atomic E-state index is 13.2. The molecule has 0 aromatic heterocycles. The molecule has 47 heavy (non-hydrogen) atoms. The Hall–Kier alpha value is -5.08. The van der Waals surface area contributed by atoms with Crippen molar-refractivity contribution in [3.63, 3.8) is 0 Å². The highest BCUT2D eigenvalue weighted by Gasteiger charge is 2.65. The third kappa shape index (κ3) is 6.88. The number of β-lactam (4-membered cyclic amide) rings is 1. The van der Waals surface area contributed by atoms with Gasteiger partial charge in [-0.05, 0) is 37.6 Å². The number of para-hydroxylation sites is 2. The van der Waals surface area contributed by atoms with Gasteiger partial charge >= 0.3 is 17.9 Å². The van der Waals surface area contributed by atoms with E-state index in [-0.39, 0.29) is 5.91 Å². The van der Waals surface area contributed by atoms with Gasteiger partial charge in [-0.3, -0.25) is 19.4 Å². The Morgan fingerprint density at radius 2 is 1.60 bits per heavy atom. The smallest absolute Gasteiger partial charge is 0.352 e. The number of nitrogens with two attached hydrogens (primary N) is 1. The average molecular weight is 664 g/mol. The van der Waals surface area contributed by atoms with E-state index >= 15 is 0 Å². The number of rotatable bonds is 8. The third-order valence-electron chi connectivity index (χ3n) is 7.59. The minimum Gasteiger partial charge on any atom is -0.493 e. The molecule has 0 aliphatic carbocycles. The van der Waals surface area contributed by atoms with Crippen molar-refractivity contribution >= 4 is 41.5 Å². The molecule has 3 aromatic carbocycles. The van der Waals surface area contributed by atoms with Gasteiger partial charge in [-0.25, -0.2) is 14.4 Å². The fourth-order valence-electron chi connectivity index (χ4n) is 5.34. The van der Waals surface area contributed by atoms with Gasteiger partial charge in [0, 0.05) is 17.2 Å². The van der Waals surface area contributed by atoms with Crippen molar-refractivity contribution in [3.05, 3.63) is 95.6 Å². The number of carbonyl (C=O) groups excluding carboxylic acids is 5. The van der Waals surface area contributed by atoms with Crippen LogP contribution in [-0.4, -0.2) is 63.9 Å². The molecule has 2 amide bonds. The molecule has 6 rings (SSSR count). The summed E-state index contributed by atoms with van der Waals surface area (Å²) in [5.74, 6) is -1.71. The molecule has 3 aromatic rings. The number of fused-ring (bicyclic) bond motifs is 2. The van der Waals surface area contributed by atoms with Crippen LogP contribution < -0.4 is 20.7 Å². The minimum atomic E-state index is -1.16. The van der Waals surface area contributed by atoms with Crippen molar-refractivity contribution in [3.8, 4) is 11.5 Å². The topological polar surface area (TPSA) is 173 Å². The highest BCUT2D eigenvalue weighted by molar-refractivity contribution is 8.01. The Labute approximate surface area is 274 Å². The van der Waals surface area contributed by atoms with Gasteiger partial charge in [-0.1, -0.05) is 60.7 Å². The number of thioether (sulfide) groups is 1. The summed E-state index contributed by atoms with van der Waals surface area (Å²) in [6, 6.07) is 19.8. The number of carbonyl (C=O) groups is 5. The lowest BCUT2D eigenvalue weighted by Gasteiger charge is -2.44. The quantitative estimate of drug-likeness (QED) is 0.156. The van der Waals surface area contributed by atoms with Gasteiger partial charge in [-0.2, -0.15) is 0 Å². The fraction of sp³-hybridized carbons (Fsp3) is 0.303. The molecule has 5 atom stereocenters. The first kappa shape index (κ1) is 33.3. The lowest BCUT2D eigenvalue weighted by atomic mass is 9.95. The van der Waals surface area contributed by atoms with Crippen molar-refractivity contribution in [1.29, 1.82) is 0 Å². The van der Waals surface area contributed by atoms with Gasteiger partial charge in [0.1, 0.15) is 23.5 Å². The number of benzene rings is 3. The van der Waals surface area contributed by atoms with Crippen LogP contribution in [0.2, 0.25) is 0 Å². The van der Waals surface area contributed by atoms with Crippen molar-refractivity contribution in [2.24, 2.45) is 5.73 Å². The number of methoxy groups -OCH3 is 1. The Kier molecular flexibility index (Phi) is 9.72. The number of hydrogen-bond donors (Lipinski definition) is 2.